The van der Waals surface area contributed by atoms with Crippen LogP contribution in [-0.2, 0) is 11.3 Å². The number of para-hydroxylation sites is 3. The molecule has 0 radical (unpaired) electrons. The number of aromatic nitrogens is 2. The highest BCUT2D eigenvalue weighted by molar-refractivity contribution is 7.99. The van der Waals surface area contributed by atoms with E-state index in [0.29, 0.717) is 17.2 Å². The fraction of sp³-hybridized carbons (Fsp3) is 0.304. The molecule has 0 spiro atoms. The molecule has 1 aromatic heterocycles. The SMILES string of the molecule is CCCCn1c(SCC(=O)Nc2ccccc2Oc2ccccc2)nc(C)c1C. The molecule has 29 heavy (non-hydrogen) atoms. The van der Waals surface area contributed by atoms with E-state index in [1.807, 2.05) is 61.5 Å². The van der Waals surface area contributed by atoms with Crippen LogP contribution in [0.1, 0.15) is 31.2 Å². The Morgan fingerprint density at radius 2 is 1.83 bits per heavy atom. The summed E-state index contributed by atoms with van der Waals surface area (Å²) in [7, 11) is 0. The minimum absolute atomic E-state index is 0.0838. The molecule has 0 bridgehead atoms. The zero-order valence-corrected chi connectivity index (χ0v) is 18.0. The normalized spacial score (nSPS) is 10.7. The number of nitrogens with one attached hydrogen (secondary N) is 1. The number of hydrogen-bond acceptors (Lipinski definition) is 4. The molecule has 0 aliphatic rings. The molecule has 6 heteroatoms. The highest BCUT2D eigenvalue weighted by atomic mass is 32.2. The zero-order chi connectivity index (χ0) is 20.6. The van der Waals surface area contributed by atoms with Gasteiger partial charge in [-0.3, -0.25) is 4.79 Å². The first kappa shape index (κ1) is 21.0. The molecule has 0 fully saturated rings. The highest BCUT2D eigenvalue weighted by Crippen LogP contribution is 2.29. The molecule has 152 valence electrons. The van der Waals surface area contributed by atoms with Crippen molar-refractivity contribution in [2.24, 2.45) is 0 Å². The van der Waals surface area contributed by atoms with Gasteiger partial charge in [-0.25, -0.2) is 4.98 Å². The first-order valence-electron chi connectivity index (χ1n) is 9.86. The second-order valence-electron chi connectivity index (χ2n) is 6.82. The molecule has 5 nitrogen and oxygen atoms in total. The van der Waals surface area contributed by atoms with Crippen LogP contribution in [0.4, 0.5) is 5.69 Å². The van der Waals surface area contributed by atoms with Gasteiger partial charge in [-0.15, -0.1) is 0 Å². The first-order chi connectivity index (χ1) is 14.1. The highest BCUT2D eigenvalue weighted by Gasteiger charge is 2.14. The lowest BCUT2D eigenvalue weighted by molar-refractivity contribution is -0.113. The molecule has 0 saturated heterocycles. The van der Waals surface area contributed by atoms with Crippen molar-refractivity contribution in [3.8, 4) is 11.5 Å². The van der Waals surface area contributed by atoms with E-state index in [4.69, 9.17) is 4.74 Å². The third-order valence-corrected chi connectivity index (χ3v) is 5.60. The Morgan fingerprint density at radius 3 is 2.59 bits per heavy atom. The maximum atomic E-state index is 12.6. The zero-order valence-electron chi connectivity index (χ0n) is 17.1. The summed E-state index contributed by atoms with van der Waals surface area (Å²) >= 11 is 1.47. The summed E-state index contributed by atoms with van der Waals surface area (Å²) in [6, 6.07) is 17.0. The summed E-state index contributed by atoms with van der Waals surface area (Å²) in [5.74, 6) is 1.56. The van der Waals surface area contributed by atoms with E-state index in [1.165, 1.54) is 17.5 Å². The molecule has 1 amide bonds. The third-order valence-electron chi connectivity index (χ3n) is 4.62. The van der Waals surface area contributed by atoms with Gasteiger partial charge in [0.25, 0.3) is 0 Å². The summed E-state index contributed by atoms with van der Waals surface area (Å²) in [6.45, 7) is 7.20. The number of thioether (sulfide) groups is 1. The number of amides is 1. The Balaban J connectivity index is 1.64. The van der Waals surface area contributed by atoms with Gasteiger partial charge in [0.05, 0.1) is 17.1 Å². The van der Waals surface area contributed by atoms with Crippen molar-refractivity contribution in [2.45, 2.75) is 45.3 Å². The summed E-state index contributed by atoms with van der Waals surface area (Å²) in [5.41, 5.74) is 2.84. The van der Waals surface area contributed by atoms with E-state index in [-0.39, 0.29) is 5.91 Å². The molecule has 0 aliphatic carbocycles. The summed E-state index contributed by atoms with van der Waals surface area (Å²) in [4.78, 5) is 17.2. The molecular weight excluding hydrogens is 382 g/mol. The Kier molecular flexibility index (Phi) is 7.36. The standard InChI is InChI=1S/C23H27N3O2S/c1-4-5-15-26-18(3)17(2)24-23(26)29-16-22(27)25-20-13-9-10-14-21(20)28-19-11-7-6-8-12-19/h6-14H,4-5,15-16H2,1-3H3,(H,25,27). The number of ether oxygens (including phenoxy) is 1. The van der Waals surface area contributed by atoms with Crippen LogP contribution < -0.4 is 10.1 Å². The van der Waals surface area contributed by atoms with Crippen LogP contribution in [0.15, 0.2) is 59.8 Å². The monoisotopic (exact) mass is 409 g/mol. The molecule has 1 heterocycles. The third kappa shape index (κ3) is 5.64. The van der Waals surface area contributed by atoms with Crippen LogP contribution >= 0.6 is 11.8 Å². The Morgan fingerprint density at radius 1 is 1.10 bits per heavy atom. The van der Waals surface area contributed by atoms with Crippen LogP contribution in [0.25, 0.3) is 0 Å². The quantitative estimate of drug-likeness (QED) is 0.452. The number of carbonyl (C=O) groups excluding carboxylic acids is 1. The van der Waals surface area contributed by atoms with Gasteiger partial charge in [0.2, 0.25) is 5.91 Å². The fourth-order valence-corrected chi connectivity index (χ4v) is 3.82. The van der Waals surface area contributed by atoms with Crippen molar-refractivity contribution in [3.63, 3.8) is 0 Å². The number of unbranched alkanes of at least 4 members (excludes halogenated alkanes) is 1. The topological polar surface area (TPSA) is 56.2 Å². The molecular formula is C23H27N3O2S. The van der Waals surface area contributed by atoms with Gasteiger partial charge >= 0.3 is 0 Å². The number of benzene rings is 2. The van der Waals surface area contributed by atoms with Crippen molar-refractivity contribution in [1.29, 1.82) is 0 Å². The van der Waals surface area contributed by atoms with E-state index in [1.54, 1.807) is 0 Å². The number of imidazole rings is 1. The summed E-state index contributed by atoms with van der Waals surface area (Å²) < 4.78 is 8.13. The van der Waals surface area contributed by atoms with Gasteiger partial charge in [0.15, 0.2) is 10.9 Å². The van der Waals surface area contributed by atoms with Crippen LogP contribution in [0.5, 0.6) is 11.5 Å². The number of nitrogens with zero attached hydrogens (tertiary/aromatic N) is 2. The molecule has 0 unspecified atom stereocenters. The second kappa shape index (κ2) is 10.2. The summed E-state index contributed by atoms with van der Waals surface area (Å²) in [5, 5.41) is 3.86. The lowest BCUT2D eigenvalue weighted by Crippen LogP contribution is -2.15. The fourth-order valence-electron chi connectivity index (χ4n) is 2.90. The van der Waals surface area contributed by atoms with Gasteiger partial charge in [-0.2, -0.15) is 0 Å². The van der Waals surface area contributed by atoms with Crippen molar-refractivity contribution in [3.05, 3.63) is 66.0 Å². The Labute approximate surface area is 176 Å². The largest absolute Gasteiger partial charge is 0.455 e. The molecule has 2 aromatic carbocycles. The number of carbonyl (C=O) groups is 1. The predicted molar refractivity (Wildman–Crippen MR) is 119 cm³/mol. The van der Waals surface area contributed by atoms with Crippen LogP contribution in [0.2, 0.25) is 0 Å². The Hall–Kier alpha value is -2.73. The van der Waals surface area contributed by atoms with Crippen molar-refractivity contribution >= 4 is 23.4 Å². The summed E-state index contributed by atoms with van der Waals surface area (Å²) in [6.07, 6.45) is 2.22. The second-order valence-corrected chi connectivity index (χ2v) is 7.76. The number of rotatable bonds is 9. The van der Waals surface area contributed by atoms with E-state index in [2.05, 4.69) is 28.7 Å². The van der Waals surface area contributed by atoms with E-state index < -0.39 is 0 Å². The van der Waals surface area contributed by atoms with Gasteiger partial charge in [0.1, 0.15) is 5.75 Å². The molecule has 0 aliphatic heterocycles. The molecule has 0 atom stereocenters. The van der Waals surface area contributed by atoms with E-state index in [9.17, 15) is 4.79 Å². The van der Waals surface area contributed by atoms with E-state index >= 15 is 0 Å². The number of anilines is 1. The van der Waals surface area contributed by atoms with Crippen LogP contribution in [0, 0.1) is 13.8 Å². The lowest BCUT2D eigenvalue weighted by atomic mass is 10.3. The molecule has 0 saturated carbocycles. The van der Waals surface area contributed by atoms with Gasteiger partial charge in [-0.05, 0) is 44.5 Å². The average Bonchev–Trinajstić information content (AvgIpc) is 3.00. The average molecular weight is 410 g/mol. The van der Waals surface area contributed by atoms with Gasteiger partial charge in [-0.1, -0.05) is 55.4 Å². The maximum absolute atomic E-state index is 12.6. The Bertz CT molecular complexity index is 954. The van der Waals surface area contributed by atoms with Gasteiger partial charge in [0, 0.05) is 12.2 Å². The van der Waals surface area contributed by atoms with Crippen molar-refractivity contribution in [2.75, 3.05) is 11.1 Å². The lowest BCUT2D eigenvalue weighted by Gasteiger charge is -2.12. The van der Waals surface area contributed by atoms with Crippen LogP contribution in [0.3, 0.4) is 0 Å². The minimum atomic E-state index is -0.0838. The molecule has 3 aromatic rings. The smallest absolute Gasteiger partial charge is 0.234 e. The van der Waals surface area contributed by atoms with Crippen molar-refractivity contribution < 1.29 is 9.53 Å². The minimum Gasteiger partial charge on any atom is -0.455 e. The first-order valence-corrected chi connectivity index (χ1v) is 10.9. The van der Waals surface area contributed by atoms with E-state index in [0.717, 1.165) is 36.0 Å². The number of aryl methyl sites for hydroxylation is 1. The molecule has 3 rings (SSSR count). The predicted octanol–water partition coefficient (Wildman–Crippen LogP) is 5.82. The van der Waals surface area contributed by atoms with Crippen LogP contribution in [-0.4, -0.2) is 21.2 Å². The van der Waals surface area contributed by atoms with Gasteiger partial charge < -0.3 is 14.6 Å². The van der Waals surface area contributed by atoms with Crippen molar-refractivity contribution in [1.82, 2.24) is 9.55 Å². The maximum Gasteiger partial charge on any atom is 0.234 e. The molecule has 1 N–H and O–H groups in total. The number of hydrogen-bond donors (Lipinski definition) is 1.